The maximum atomic E-state index is 14.1. The Balaban J connectivity index is 0.000000817. The number of hydrogen-bond acceptors (Lipinski definition) is 20. The fourth-order valence-corrected chi connectivity index (χ4v) is 18.3. The number of nitrogens with zero attached hydrogens (tertiary/aromatic N) is 1. The number of carbonyl (C=O) groups is 3. The summed E-state index contributed by atoms with van der Waals surface area (Å²) in [4.78, 5) is 41.2. The van der Waals surface area contributed by atoms with Crippen molar-refractivity contribution in [1.29, 1.82) is 0 Å². The average molecular weight is 1850 g/mol. The number of unbranched alkanes of at least 4 members (excludes halogenated alkanes) is 1. The molecular weight excluding hydrogens is 1760 g/mol. The number of alkyl halides is 15. The molecule has 1 heterocycles. The summed E-state index contributed by atoms with van der Waals surface area (Å²) in [7, 11) is -36.7. The number of fused-ring (bicyclic) bond motifs is 1. The third kappa shape index (κ3) is 26.5. The molecule has 7 aromatic rings. The maximum Gasteiger partial charge on any atom is 0.480 e. The molecule has 0 N–H and O–H groups in total. The normalized spacial score (nSPS) is 13.4. The largest absolute Gasteiger partial charge is 0.743 e. The molecule has 7 aromatic carbocycles. The lowest BCUT2D eigenvalue weighted by Crippen LogP contribution is -2.61. The van der Waals surface area contributed by atoms with Gasteiger partial charge in [-0.1, -0.05) is 142 Å². The molecule has 1 aliphatic rings. The molecule has 668 valence electrons. The van der Waals surface area contributed by atoms with Gasteiger partial charge < -0.3 is 36.0 Å². The van der Waals surface area contributed by atoms with E-state index >= 15 is 0 Å². The summed E-state index contributed by atoms with van der Waals surface area (Å²) in [5.74, 6) is -15.6. The Morgan fingerprint density at radius 2 is 0.824 bits per heavy atom. The molecule has 0 radical (unpaired) electrons. The SMILES string of the molecule is C.C.C.C.CCC(C)(C)C(=O)OCCOC(=O)c1ccc(OS(=O)(=O)C(F)(F)C(F)(F)C(F)(F)S(=O)(=O)[O-])cc1.CCC(C)(C)C(=O)OCCc1ccc(OS(=O)(=O)C(F)(F)C(F)(F)C(F)(F)S(=O)(=O)[N-]S(=O)(=O)C(F)(F)F)cc1.CCCCOc1ccc([S+]2CCCC2)c2ccccc12.c1ccc([S+](c2ccccc2)c2ccccc2)cc1. The summed E-state index contributed by atoms with van der Waals surface area (Å²) in [5.41, 5.74) is -8.42. The number of rotatable bonds is 33. The third-order valence-corrected chi connectivity index (χ3v) is 27.9. The molecule has 0 aliphatic carbocycles. The van der Waals surface area contributed by atoms with Gasteiger partial charge in [0.2, 0.25) is 0 Å². The first kappa shape index (κ1) is 109. The number of benzene rings is 7. The lowest BCUT2D eigenvalue weighted by molar-refractivity contribution is -0.247. The highest BCUT2D eigenvalue weighted by atomic mass is 32.3. The Hall–Kier alpha value is -8.07. The second-order valence-corrected chi connectivity index (χ2v) is 38.0. The van der Waals surface area contributed by atoms with E-state index in [-0.39, 0.29) is 71.4 Å². The fourth-order valence-electron chi connectivity index (χ4n) is 9.10. The molecule has 0 aromatic heterocycles. The molecule has 0 unspecified atom stereocenters. The lowest BCUT2D eigenvalue weighted by Gasteiger charge is -2.35. The van der Waals surface area contributed by atoms with Crippen molar-refractivity contribution in [2.24, 2.45) is 10.8 Å². The zero-order valence-corrected chi connectivity index (χ0v) is 67.3. The van der Waals surface area contributed by atoms with Crippen molar-refractivity contribution in [3.8, 4) is 17.2 Å². The van der Waals surface area contributed by atoms with Crippen LogP contribution in [-0.4, -0.2) is 141 Å². The quantitative estimate of drug-likeness (QED) is 0.00701. The van der Waals surface area contributed by atoms with Crippen LogP contribution >= 0.6 is 0 Å². The minimum absolute atomic E-state index is 0. The van der Waals surface area contributed by atoms with Crippen molar-refractivity contribution < 1.29 is 154 Å². The number of hydrogen-bond donors (Lipinski definition) is 0. The third-order valence-electron chi connectivity index (χ3n) is 16.6. The van der Waals surface area contributed by atoms with Gasteiger partial charge in [0.25, 0.3) is 0 Å². The average Bonchev–Trinajstić information content (AvgIpc) is 0.886. The highest BCUT2D eigenvalue weighted by Gasteiger charge is 2.83. The van der Waals surface area contributed by atoms with Crippen LogP contribution < -0.4 is 13.1 Å². The minimum atomic E-state index is -8.01. The molecule has 0 saturated carbocycles. The standard InChI is InChI=1S/C18H19F9NO9S3.C18H20F6O10S2.C18H23OS.C18H15S.4CH4/c1-4-14(2,3)13(29)36-10-9-11-5-7-12(8-6-11)37-40(34,35)17(23,24)15(19,20)16(21,22)38(30,31)28-39(32,33)18(25,26)27;1-4-15(2,3)14(26)33-10-9-32-13(25)11-5-7-12(8-6-11)34-36(30,31)18(23,24)16(19,20)17(21,22)35(27,28)29;1-2-3-12-19-17-10-11-18(20-13-6-7-14-20)16-9-5-4-8-15(16)17;1-4-10-16(11-5-1)19(17-12-6-2-7-13-17)18-14-8-3-9-15-18;;;;/h5-8H,4,9-10H2,1-3H3;5-8H,4,9-10H2,1-3H3,(H,27,28,29);4-5,8-11H,2-3,6-7,12-14H2,1H3;1-15H;4*1H4/q-1;;2*+1;;;;/p-1. The van der Waals surface area contributed by atoms with Gasteiger partial charge in [-0.15, -0.1) is 0 Å². The zero-order valence-electron chi connectivity index (χ0n) is 61.6. The minimum Gasteiger partial charge on any atom is -0.743 e. The van der Waals surface area contributed by atoms with E-state index in [2.05, 4.69) is 143 Å². The molecule has 0 atom stereocenters. The Bertz CT molecular complexity index is 4930. The van der Waals surface area contributed by atoms with Crippen LogP contribution in [0.4, 0.5) is 65.9 Å². The Kier molecular flexibility index (Phi) is 39.9. The first-order valence-electron chi connectivity index (χ1n) is 33.8. The zero-order chi connectivity index (χ0) is 86.9. The Morgan fingerprint density at radius 3 is 1.22 bits per heavy atom. The highest BCUT2D eigenvalue weighted by Crippen LogP contribution is 2.54. The predicted octanol–water partition coefficient (Wildman–Crippen LogP) is 19.3. The van der Waals surface area contributed by atoms with Gasteiger partial charge >= 0.3 is 76.5 Å². The summed E-state index contributed by atoms with van der Waals surface area (Å²) in [6.45, 7) is 12.0. The predicted molar refractivity (Wildman–Crippen MR) is 420 cm³/mol. The molecule has 43 heteroatoms. The van der Waals surface area contributed by atoms with Crippen molar-refractivity contribution in [3.63, 3.8) is 0 Å². The van der Waals surface area contributed by atoms with Crippen LogP contribution in [0.25, 0.3) is 14.9 Å². The molecule has 21 nitrogen and oxygen atoms in total. The molecule has 1 fully saturated rings. The van der Waals surface area contributed by atoms with E-state index in [1.54, 1.807) is 46.4 Å². The smallest absolute Gasteiger partial charge is 0.480 e. The Labute approximate surface area is 689 Å². The number of sulfonamides is 2. The molecule has 0 bridgehead atoms. The van der Waals surface area contributed by atoms with E-state index in [9.17, 15) is 127 Å². The number of halogens is 15. The van der Waals surface area contributed by atoms with Gasteiger partial charge in [0, 0.05) is 28.1 Å². The lowest BCUT2D eigenvalue weighted by atomic mass is 9.91. The molecule has 119 heavy (non-hydrogen) atoms. The van der Waals surface area contributed by atoms with Crippen LogP contribution in [0.2, 0.25) is 0 Å². The van der Waals surface area contributed by atoms with Crippen LogP contribution in [-0.2, 0) is 102 Å². The van der Waals surface area contributed by atoms with Crippen molar-refractivity contribution in [2.45, 2.75) is 181 Å². The first-order chi connectivity index (χ1) is 53.0. The molecule has 0 amide bonds. The van der Waals surface area contributed by atoms with E-state index in [4.69, 9.17) is 18.9 Å². The van der Waals surface area contributed by atoms with Gasteiger partial charge in [0.1, 0.15) is 42.0 Å². The van der Waals surface area contributed by atoms with Gasteiger partial charge in [-0.25, -0.2) is 30.0 Å². The van der Waals surface area contributed by atoms with Gasteiger partial charge in [0.15, 0.2) is 49.7 Å². The van der Waals surface area contributed by atoms with Crippen molar-refractivity contribution in [1.82, 2.24) is 0 Å². The second kappa shape index (κ2) is 43.6. The van der Waals surface area contributed by atoms with Gasteiger partial charge in [-0.3, -0.25) is 9.59 Å². The van der Waals surface area contributed by atoms with Gasteiger partial charge in [0.05, 0.1) is 40.5 Å². The van der Waals surface area contributed by atoms with Crippen molar-refractivity contribution >= 4 is 101 Å². The summed E-state index contributed by atoms with van der Waals surface area (Å²) in [6, 6.07) is 50.9. The number of carbonyl (C=O) groups excluding carboxylic acids is 3. The summed E-state index contributed by atoms with van der Waals surface area (Å²) < 4.78 is 352. The fraction of sp³-hybridized carbons (Fsp3) is 0.434. The van der Waals surface area contributed by atoms with Crippen molar-refractivity contribution in [3.05, 3.63) is 191 Å². The topological polar surface area (TPSA) is 314 Å². The summed E-state index contributed by atoms with van der Waals surface area (Å²) >= 11 is 0. The molecule has 1 aliphatic heterocycles. The maximum absolute atomic E-state index is 14.1. The van der Waals surface area contributed by atoms with E-state index < -0.39 is 136 Å². The van der Waals surface area contributed by atoms with E-state index in [1.165, 1.54) is 56.2 Å². The summed E-state index contributed by atoms with van der Waals surface area (Å²) in [6.07, 6.45) is 5.98. The van der Waals surface area contributed by atoms with E-state index in [0.29, 0.717) is 64.3 Å². The van der Waals surface area contributed by atoms with Gasteiger partial charge in [-0.2, -0.15) is 82.7 Å². The van der Waals surface area contributed by atoms with E-state index in [0.717, 1.165) is 30.9 Å². The highest BCUT2D eigenvalue weighted by molar-refractivity contribution is 8.13. The van der Waals surface area contributed by atoms with Crippen LogP contribution in [0, 0.1) is 10.8 Å². The second-order valence-electron chi connectivity index (χ2n) is 25.7. The van der Waals surface area contributed by atoms with E-state index in [1.807, 2.05) is 0 Å². The summed E-state index contributed by atoms with van der Waals surface area (Å²) in [5, 5.41) is -25.9. The Morgan fingerprint density at radius 1 is 0.445 bits per heavy atom. The van der Waals surface area contributed by atoms with Crippen LogP contribution in [0.1, 0.15) is 133 Å². The van der Waals surface area contributed by atoms with Crippen LogP contribution in [0.15, 0.2) is 196 Å². The molecule has 1 saturated heterocycles. The first-order valence-corrected chi connectivity index (χ1v) is 43.7. The number of ether oxygens (including phenoxy) is 4. The molecular formula is C76H92F15NO20S7. The van der Waals surface area contributed by atoms with Crippen LogP contribution in [0.3, 0.4) is 0 Å². The van der Waals surface area contributed by atoms with Crippen molar-refractivity contribution in [2.75, 3.05) is 37.9 Å². The van der Waals surface area contributed by atoms with Crippen LogP contribution in [0.5, 0.6) is 17.2 Å². The molecule has 8 rings (SSSR count). The monoisotopic (exact) mass is 1850 g/mol. The number of esters is 3. The molecule has 0 spiro atoms. The van der Waals surface area contributed by atoms with Gasteiger partial charge in [-0.05, 0) is 156 Å².